The van der Waals surface area contributed by atoms with Crippen molar-refractivity contribution in [1.29, 1.82) is 0 Å². The zero-order chi connectivity index (χ0) is 10.8. The Morgan fingerprint density at radius 3 is 2.07 bits per heavy atom. The summed E-state index contributed by atoms with van der Waals surface area (Å²) in [6.07, 6.45) is 0. The van der Waals surface area contributed by atoms with Crippen molar-refractivity contribution in [2.75, 3.05) is 0 Å². The van der Waals surface area contributed by atoms with Gasteiger partial charge in [0.2, 0.25) is 0 Å². The summed E-state index contributed by atoms with van der Waals surface area (Å²) >= 11 is 6.94. The van der Waals surface area contributed by atoms with E-state index in [1.54, 1.807) is 0 Å². The van der Waals surface area contributed by atoms with Crippen LogP contribution < -0.4 is 0 Å². The molecule has 0 aromatic heterocycles. The van der Waals surface area contributed by atoms with Gasteiger partial charge in [0.25, 0.3) is 0 Å². The summed E-state index contributed by atoms with van der Waals surface area (Å²) in [4.78, 5) is 0. The Kier molecular flexibility index (Phi) is 3.27. The molecule has 2 rings (SSSR count). The minimum absolute atomic E-state index is 1.11. The SMILES string of the molecule is Cc1ccc(Br)cc1-c1ccc(Br)cc1. The van der Waals surface area contributed by atoms with Crippen LogP contribution in [0.25, 0.3) is 11.1 Å². The standard InChI is InChI=1S/C13H10Br2/c1-9-2-5-12(15)8-13(9)10-3-6-11(14)7-4-10/h2-8H,1H3. The first-order valence-corrected chi connectivity index (χ1v) is 6.27. The molecule has 0 amide bonds. The number of benzene rings is 2. The number of rotatable bonds is 1. The van der Waals surface area contributed by atoms with E-state index in [-0.39, 0.29) is 0 Å². The molecule has 0 aliphatic carbocycles. The first-order chi connectivity index (χ1) is 7.16. The summed E-state index contributed by atoms with van der Waals surface area (Å²) in [6, 6.07) is 14.7. The molecular weight excluding hydrogens is 316 g/mol. The molecule has 0 spiro atoms. The molecular formula is C13H10Br2. The molecule has 0 bridgehead atoms. The Morgan fingerprint density at radius 2 is 1.40 bits per heavy atom. The van der Waals surface area contributed by atoms with Crippen molar-refractivity contribution in [1.82, 2.24) is 0 Å². The smallest absolute Gasteiger partial charge is 0.0181 e. The second-order valence-electron chi connectivity index (χ2n) is 3.47. The van der Waals surface area contributed by atoms with Crippen LogP contribution in [0.5, 0.6) is 0 Å². The molecule has 76 valence electrons. The van der Waals surface area contributed by atoms with E-state index in [0.717, 1.165) is 8.95 Å². The van der Waals surface area contributed by atoms with E-state index in [1.807, 2.05) is 0 Å². The van der Waals surface area contributed by atoms with Gasteiger partial charge in [0.05, 0.1) is 0 Å². The quantitative estimate of drug-likeness (QED) is 0.677. The highest BCUT2D eigenvalue weighted by Gasteiger charge is 2.02. The first-order valence-electron chi connectivity index (χ1n) is 4.69. The van der Waals surface area contributed by atoms with Crippen LogP contribution in [-0.4, -0.2) is 0 Å². The van der Waals surface area contributed by atoms with Gasteiger partial charge in [-0.3, -0.25) is 0 Å². The summed E-state index contributed by atoms with van der Waals surface area (Å²) in [7, 11) is 0. The van der Waals surface area contributed by atoms with Crippen LogP contribution in [0.4, 0.5) is 0 Å². The van der Waals surface area contributed by atoms with Crippen LogP contribution in [0.1, 0.15) is 5.56 Å². The zero-order valence-corrected chi connectivity index (χ0v) is 11.5. The lowest BCUT2D eigenvalue weighted by molar-refractivity contribution is 1.44. The van der Waals surface area contributed by atoms with Crippen LogP contribution >= 0.6 is 31.9 Å². The summed E-state index contributed by atoms with van der Waals surface area (Å²) < 4.78 is 2.23. The summed E-state index contributed by atoms with van der Waals surface area (Å²) in [5.74, 6) is 0. The Morgan fingerprint density at radius 1 is 0.800 bits per heavy atom. The molecule has 0 fully saturated rings. The van der Waals surface area contributed by atoms with Crippen LogP contribution in [0.3, 0.4) is 0 Å². The highest BCUT2D eigenvalue weighted by molar-refractivity contribution is 9.10. The molecule has 2 aromatic rings. The van der Waals surface area contributed by atoms with E-state index < -0.39 is 0 Å². The Bertz CT molecular complexity index is 472. The van der Waals surface area contributed by atoms with Crippen molar-refractivity contribution in [2.45, 2.75) is 6.92 Å². The van der Waals surface area contributed by atoms with Crippen LogP contribution in [0.15, 0.2) is 51.4 Å². The molecule has 0 saturated heterocycles. The second-order valence-corrected chi connectivity index (χ2v) is 5.30. The maximum absolute atomic E-state index is 3.50. The predicted octanol–water partition coefficient (Wildman–Crippen LogP) is 5.19. The van der Waals surface area contributed by atoms with Gasteiger partial charge in [-0.05, 0) is 47.9 Å². The molecule has 0 saturated carbocycles. The maximum Gasteiger partial charge on any atom is 0.0181 e. The molecule has 2 heteroatoms. The molecule has 0 aliphatic heterocycles. The van der Waals surface area contributed by atoms with Gasteiger partial charge in [0.1, 0.15) is 0 Å². The second kappa shape index (κ2) is 4.50. The lowest BCUT2D eigenvalue weighted by Gasteiger charge is -2.06. The van der Waals surface area contributed by atoms with Gasteiger partial charge in [-0.25, -0.2) is 0 Å². The lowest BCUT2D eigenvalue weighted by atomic mass is 10.0. The normalized spacial score (nSPS) is 10.3. The fraction of sp³-hybridized carbons (Fsp3) is 0.0769. The highest BCUT2D eigenvalue weighted by Crippen LogP contribution is 2.27. The fourth-order valence-corrected chi connectivity index (χ4v) is 2.16. The van der Waals surface area contributed by atoms with Gasteiger partial charge < -0.3 is 0 Å². The third-order valence-corrected chi connectivity index (χ3v) is 3.38. The van der Waals surface area contributed by atoms with Gasteiger partial charge in [-0.15, -0.1) is 0 Å². The highest BCUT2D eigenvalue weighted by atomic mass is 79.9. The van der Waals surface area contributed by atoms with E-state index in [9.17, 15) is 0 Å². The van der Waals surface area contributed by atoms with Crippen molar-refractivity contribution >= 4 is 31.9 Å². The third kappa shape index (κ3) is 2.50. The van der Waals surface area contributed by atoms with Gasteiger partial charge in [0, 0.05) is 8.95 Å². The summed E-state index contributed by atoms with van der Waals surface area (Å²) in [5, 5.41) is 0. The van der Waals surface area contributed by atoms with Crippen LogP contribution in [-0.2, 0) is 0 Å². The van der Waals surface area contributed by atoms with Crippen molar-refractivity contribution in [3.63, 3.8) is 0 Å². The topological polar surface area (TPSA) is 0 Å². The van der Waals surface area contributed by atoms with E-state index >= 15 is 0 Å². The molecule has 0 unspecified atom stereocenters. The number of aryl methyl sites for hydroxylation is 1. The summed E-state index contributed by atoms with van der Waals surface area (Å²) in [6.45, 7) is 2.13. The molecule has 0 aliphatic rings. The Labute approximate surface area is 107 Å². The van der Waals surface area contributed by atoms with Crippen molar-refractivity contribution in [2.24, 2.45) is 0 Å². The molecule has 0 heterocycles. The average Bonchev–Trinajstić information content (AvgIpc) is 2.23. The molecule has 2 aromatic carbocycles. The molecule has 0 N–H and O–H groups in total. The van der Waals surface area contributed by atoms with Gasteiger partial charge in [-0.2, -0.15) is 0 Å². The Hall–Kier alpha value is -0.600. The number of hydrogen-bond donors (Lipinski definition) is 0. The molecule has 0 radical (unpaired) electrons. The van der Waals surface area contributed by atoms with E-state index in [0.29, 0.717) is 0 Å². The largest absolute Gasteiger partial charge is 0.0576 e. The number of hydrogen-bond acceptors (Lipinski definition) is 0. The van der Waals surface area contributed by atoms with Gasteiger partial charge in [0.15, 0.2) is 0 Å². The lowest BCUT2D eigenvalue weighted by Crippen LogP contribution is -1.82. The van der Waals surface area contributed by atoms with Gasteiger partial charge >= 0.3 is 0 Å². The first kappa shape index (κ1) is 10.9. The van der Waals surface area contributed by atoms with E-state index in [1.165, 1.54) is 16.7 Å². The minimum atomic E-state index is 1.11. The average molecular weight is 326 g/mol. The number of halogens is 2. The van der Waals surface area contributed by atoms with Crippen molar-refractivity contribution in [3.8, 4) is 11.1 Å². The van der Waals surface area contributed by atoms with E-state index in [4.69, 9.17) is 0 Å². The predicted molar refractivity (Wildman–Crippen MR) is 72.0 cm³/mol. The van der Waals surface area contributed by atoms with Crippen molar-refractivity contribution in [3.05, 3.63) is 57.0 Å². The monoisotopic (exact) mass is 324 g/mol. The van der Waals surface area contributed by atoms with Crippen molar-refractivity contribution < 1.29 is 0 Å². The molecule has 0 atom stereocenters. The maximum atomic E-state index is 3.50. The molecule has 15 heavy (non-hydrogen) atoms. The minimum Gasteiger partial charge on any atom is -0.0576 e. The zero-order valence-electron chi connectivity index (χ0n) is 8.30. The van der Waals surface area contributed by atoms with Crippen LogP contribution in [0.2, 0.25) is 0 Å². The molecule has 0 nitrogen and oxygen atoms in total. The Balaban J connectivity index is 2.53. The third-order valence-electron chi connectivity index (χ3n) is 2.35. The van der Waals surface area contributed by atoms with E-state index in [2.05, 4.69) is 81.2 Å². The van der Waals surface area contributed by atoms with Crippen LogP contribution in [0, 0.1) is 6.92 Å². The fourth-order valence-electron chi connectivity index (χ4n) is 1.53. The van der Waals surface area contributed by atoms with Gasteiger partial charge in [-0.1, -0.05) is 50.1 Å². The summed E-state index contributed by atoms with van der Waals surface area (Å²) in [5.41, 5.74) is 3.81.